The summed E-state index contributed by atoms with van der Waals surface area (Å²) in [6.45, 7) is 7.36. The van der Waals surface area contributed by atoms with E-state index in [0.717, 1.165) is 14.2 Å². The largest absolute Gasteiger partial charge is 0.496 e. The van der Waals surface area contributed by atoms with Gasteiger partial charge in [0.05, 0.1) is 30.3 Å². The number of hydrogen-bond acceptors (Lipinski definition) is 9. The van der Waals surface area contributed by atoms with Crippen molar-refractivity contribution in [1.82, 2.24) is 4.98 Å². The molecule has 0 aliphatic carbocycles. The van der Waals surface area contributed by atoms with Crippen molar-refractivity contribution >= 4 is 30.2 Å². The summed E-state index contributed by atoms with van der Waals surface area (Å²) < 4.78 is 20.8. The second-order valence-corrected chi connectivity index (χ2v) is 7.00. The number of nitrogens with zero attached hydrogens (tertiary/aromatic N) is 2. The summed E-state index contributed by atoms with van der Waals surface area (Å²) in [7, 11) is 1.23. The van der Waals surface area contributed by atoms with Crippen LogP contribution in [0, 0.1) is 10.1 Å². The summed E-state index contributed by atoms with van der Waals surface area (Å²) in [6, 6.07) is 1.17. The number of carbonyl (C=O) groups is 2. The van der Waals surface area contributed by atoms with Gasteiger partial charge in [-0.25, -0.2) is 0 Å². The first kappa shape index (κ1) is 20.8. The monoisotopic (exact) mass is 380 g/mol. The van der Waals surface area contributed by atoms with E-state index in [1.807, 2.05) is 27.7 Å². The molecule has 1 fully saturated rings. The van der Waals surface area contributed by atoms with Crippen molar-refractivity contribution in [2.45, 2.75) is 44.8 Å². The summed E-state index contributed by atoms with van der Waals surface area (Å²) in [4.78, 5) is 38.7. The van der Waals surface area contributed by atoms with Gasteiger partial charge in [0.15, 0.2) is 0 Å². The maximum atomic E-state index is 12.0. The molecule has 0 atom stereocenters. The number of pyridine rings is 1. The molecule has 1 aromatic rings. The highest BCUT2D eigenvalue weighted by Crippen LogP contribution is 2.37. The minimum Gasteiger partial charge on any atom is -0.468 e. The average molecular weight is 380 g/mol. The van der Waals surface area contributed by atoms with E-state index < -0.39 is 46.8 Å². The molecule has 1 aliphatic heterocycles. The first-order valence-corrected chi connectivity index (χ1v) is 8.10. The van der Waals surface area contributed by atoms with E-state index in [4.69, 9.17) is 9.31 Å². The lowest BCUT2D eigenvalue weighted by Crippen LogP contribution is -2.41. The van der Waals surface area contributed by atoms with Crippen molar-refractivity contribution < 1.29 is 33.3 Å². The van der Waals surface area contributed by atoms with E-state index in [2.05, 4.69) is 14.5 Å². The number of hydrogen-bond donors (Lipinski definition) is 0. The first-order chi connectivity index (χ1) is 12.4. The molecule has 0 spiro atoms. The second-order valence-electron chi connectivity index (χ2n) is 7.00. The topological polar surface area (TPSA) is 127 Å². The van der Waals surface area contributed by atoms with E-state index >= 15 is 0 Å². The fourth-order valence-corrected chi connectivity index (χ4v) is 2.51. The summed E-state index contributed by atoms with van der Waals surface area (Å²) in [5, 5.41) is 11.5. The van der Waals surface area contributed by atoms with Gasteiger partial charge in [0.2, 0.25) is 5.92 Å². The Balaban J connectivity index is 2.50. The summed E-state index contributed by atoms with van der Waals surface area (Å²) in [5.74, 6) is -3.70. The number of aromatic nitrogens is 1. The second kappa shape index (κ2) is 7.24. The maximum absolute atomic E-state index is 12.0. The molecule has 146 valence electrons. The Kier molecular flexibility index (Phi) is 5.57. The Morgan fingerprint density at radius 2 is 1.63 bits per heavy atom. The van der Waals surface area contributed by atoms with Crippen LogP contribution in [0.5, 0.6) is 0 Å². The summed E-state index contributed by atoms with van der Waals surface area (Å²) in [6.07, 6.45) is 1.27. The molecule has 0 aromatic carbocycles. The normalized spacial score (nSPS) is 17.7. The molecule has 2 heterocycles. The molecule has 1 aromatic heterocycles. The zero-order valence-electron chi connectivity index (χ0n) is 16.0. The molecule has 0 radical (unpaired) electrons. The molecule has 0 N–H and O–H groups in total. The van der Waals surface area contributed by atoms with Crippen LogP contribution in [0.2, 0.25) is 0 Å². The lowest BCUT2D eigenvalue weighted by Gasteiger charge is -2.32. The highest BCUT2D eigenvalue weighted by molar-refractivity contribution is 6.62. The molecular weight excluding hydrogens is 359 g/mol. The molecule has 0 amide bonds. The number of esters is 2. The van der Waals surface area contributed by atoms with Gasteiger partial charge in [-0.15, -0.1) is 0 Å². The van der Waals surface area contributed by atoms with Crippen LogP contribution in [0.3, 0.4) is 0 Å². The third-order valence-corrected chi connectivity index (χ3v) is 4.79. The van der Waals surface area contributed by atoms with Crippen LogP contribution < -0.4 is 5.46 Å². The fourth-order valence-electron chi connectivity index (χ4n) is 2.51. The average Bonchev–Trinajstić information content (AvgIpc) is 2.82. The Hall–Kier alpha value is -2.53. The van der Waals surface area contributed by atoms with Crippen molar-refractivity contribution in [3.63, 3.8) is 0 Å². The standard InChI is InChI=1S/C16H21BN2O8/c1-15(2)16(3,4)27-17(26-15)9-7-10(19(22)23)12(18-8-9)11(13(20)24-5)14(21)25-6/h7-8,11H,1-6H3. The number of ether oxygens (including phenoxy) is 2. The molecular formula is C16H21BN2O8. The van der Waals surface area contributed by atoms with Crippen LogP contribution in [0.4, 0.5) is 5.69 Å². The van der Waals surface area contributed by atoms with Gasteiger partial charge in [0.1, 0.15) is 5.69 Å². The van der Waals surface area contributed by atoms with Crippen LogP contribution in [0.1, 0.15) is 39.3 Å². The van der Waals surface area contributed by atoms with Crippen molar-refractivity contribution in [2.75, 3.05) is 14.2 Å². The van der Waals surface area contributed by atoms with Gasteiger partial charge in [0.25, 0.3) is 5.69 Å². The smallest absolute Gasteiger partial charge is 0.468 e. The molecule has 11 heteroatoms. The Labute approximate surface area is 156 Å². The fraction of sp³-hybridized carbons (Fsp3) is 0.562. The lowest BCUT2D eigenvalue weighted by molar-refractivity contribution is -0.386. The summed E-state index contributed by atoms with van der Waals surface area (Å²) >= 11 is 0. The van der Waals surface area contributed by atoms with Crippen molar-refractivity contribution in [3.8, 4) is 0 Å². The van der Waals surface area contributed by atoms with Gasteiger partial charge in [0, 0.05) is 17.7 Å². The number of nitro groups is 1. The van der Waals surface area contributed by atoms with Gasteiger partial charge in [-0.3, -0.25) is 24.7 Å². The lowest BCUT2D eigenvalue weighted by atomic mass is 9.79. The van der Waals surface area contributed by atoms with Gasteiger partial charge < -0.3 is 18.8 Å². The third-order valence-electron chi connectivity index (χ3n) is 4.79. The quantitative estimate of drug-likeness (QED) is 0.239. The zero-order chi connectivity index (χ0) is 20.6. The van der Waals surface area contributed by atoms with E-state index in [9.17, 15) is 19.7 Å². The van der Waals surface area contributed by atoms with Gasteiger partial charge in [-0.1, -0.05) is 0 Å². The van der Waals surface area contributed by atoms with Crippen LogP contribution in [-0.4, -0.2) is 54.4 Å². The van der Waals surface area contributed by atoms with Crippen LogP contribution in [-0.2, 0) is 28.4 Å². The Bertz CT molecular complexity index is 748. The molecule has 27 heavy (non-hydrogen) atoms. The highest BCUT2D eigenvalue weighted by atomic mass is 16.7. The van der Waals surface area contributed by atoms with Crippen molar-refractivity contribution in [2.24, 2.45) is 0 Å². The van der Waals surface area contributed by atoms with Crippen LogP contribution in [0.15, 0.2) is 12.3 Å². The van der Waals surface area contributed by atoms with E-state index in [-0.39, 0.29) is 11.2 Å². The third kappa shape index (κ3) is 3.79. The summed E-state index contributed by atoms with van der Waals surface area (Å²) in [5.41, 5.74) is -1.92. The van der Waals surface area contributed by atoms with Crippen LogP contribution in [0.25, 0.3) is 0 Å². The molecule has 2 rings (SSSR count). The minimum absolute atomic E-state index is 0.289. The minimum atomic E-state index is -1.67. The van der Waals surface area contributed by atoms with Crippen molar-refractivity contribution in [3.05, 3.63) is 28.1 Å². The molecule has 0 unspecified atom stereocenters. The van der Waals surface area contributed by atoms with Crippen LogP contribution >= 0.6 is 0 Å². The predicted octanol–water partition coefficient (Wildman–Crippen LogP) is 0.719. The molecule has 0 bridgehead atoms. The molecule has 1 aliphatic rings. The Morgan fingerprint density at radius 1 is 1.15 bits per heavy atom. The Morgan fingerprint density at radius 3 is 2.04 bits per heavy atom. The molecule has 0 saturated carbocycles. The van der Waals surface area contributed by atoms with Gasteiger partial charge in [-0.05, 0) is 27.7 Å². The predicted molar refractivity (Wildman–Crippen MR) is 93.4 cm³/mol. The number of carbonyl (C=O) groups excluding carboxylic acids is 2. The van der Waals surface area contributed by atoms with E-state index in [0.29, 0.717) is 0 Å². The van der Waals surface area contributed by atoms with Gasteiger partial charge >= 0.3 is 19.1 Å². The SMILES string of the molecule is COC(=O)C(C(=O)OC)c1ncc(B2OC(C)(C)C(C)(C)O2)cc1[N+](=O)[O-]. The molecule has 1 saturated heterocycles. The number of rotatable bonds is 5. The molecule has 10 nitrogen and oxygen atoms in total. The van der Waals surface area contributed by atoms with E-state index in [1.165, 1.54) is 12.3 Å². The maximum Gasteiger partial charge on any atom is 0.496 e. The number of methoxy groups -OCH3 is 2. The highest BCUT2D eigenvalue weighted by Gasteiger charge is 2.52. The van der Waals surface area contributed by atoms with E-state index in [1.54, 1.807) is 0 Å². The van der Waals surface area contributed by atoms with Crippen molar-refractivity contribution in [1.29, 1.82) is 0 Å². The first-order valence-electron chi connectivity index (χ1n) is 8.10. The zero-order valence-corrected chi connectivity index (χ0v) is 16.0. The van der Waals surface area contributed by atoms with Gasteiger partial charge in [-0.2, -0.15) is 0 Å².